The first kappa shape index (κ1) is 14.5. The summed E-state index contributed by atoms with van der Waals surface area (Å²) in [5.74, 6) is -0.493. The minimum Gasteiger partial charge on any atom is -0.462 e. The molecule has 0 bridgehead atoms. The molecule has 0 aliphatic carbocycles. The van der Waals surface area contributed by atoms with Crippen LogP contribution < -0.4 is 0 Å². The van der Waals surface area contributed by atoms with Crippen molar-refractivity contribution in [2.75, 3.05) is 6.61 Å². The lowest BCUT2D eigenvalue weighted by molar-refractivity contribution is 0.0531. The number of hydrogen-bond acceptors (Lipinski definition) is 5. The Kier molecular flexibility index (Phi) is 4.97. The van der Waals surface area contributed by atoms with E-state index < -0.39 is 15.0 Å². The van der Waals surface area contributed by atoms with Crippen LogP contribution in [0.1, 0.15) is 35.5 Å². The summed E-state index contributed by atoms with van der Waals surface area (Å²) < 4.78 is 27.3. The molecule has 1 aromatic rings. The lowest BCUT2D eigenvalue weighted by Gasteiger charge is -2.01. The van der Waals surface area contributed by atoms with Crippen LogP contribution in [0, 0.1) is 0 Å². The Morgan fingerprint density at radius 1 is 1.47 bits per heavy atom. The van der Waals surface area contributed by atoms with Gasteiger partial charge in [0.05, 0.1) is 6.61 Å². The van der Waals surface area contributed by atoms with Gasteiger partial charge in [-0.2, -0.15) is 0 Å². The molecule has 0 radical (unpaired) electrons. The molecule has 1 rings (SSSR count). The molecule has 96 valence electrons. The van der Waals surface area contributed by atoms with E-state index in [2.05, 4.69) is 0 Å². The van der Waals surface area contributed by atoms with Gasteiger partial charge in [-0.15, -0.1) is 11.3 Å². The number of carbonyl (C=O) groups excluding carboxylic acids is 1. The van der Waals surface area contributed by atoms with Crippen LogP contribution in [-0.4, -0.2) is 21.0 Å². The average molecular weight is 297 g/mol. The molecule has 1 heterocycles. The lowest BCUT2D eigenvalue weighted by Crippen LogP contribution is -2.04. The number of halogens is 1. The van der Waals surface area contributed by atoms with Gasteiger partial charge in [-0.1, -0.05) is 13.3 Å². The van der Waals surface area contributed by atoms with Gasteiger partial charge in [-0.05, 0) is 25.0 Å². The maximum atomic E-state index is 11.6. The molecular weight excluding hydrogens is 284 g/mol. The van der Waals surface area contributed by atoms with Crippen LogP contribution in [0.2, 0.25) is 0 Å². The second kappa shape index (κ2) is 5.84. The predicted molar refractivity (Wildman–Crippen MR) is 67.3 cm³/mol. The molecule has 0 saturated carbocycles. The van der Waals surface area contributed by atoms with Crippen molar-refractivity contribution in [2.24, 2.45) is 0 Å². The highest BCUT2D eigenvalue weighted by molar-refractivity contribution is 8.15. The highest BCUT2D eigenvalue weighted by atomic mass is 35.7. The number of rotatable bonds is 5. The summed E-state index contributed by atoms with van der Waals surface area (Å²) >= 11 is 0.860. The Balaban J connectivity index is 3.18. The Morgan fingerprint density at radius 3 is 2.59 bits per heavy atom. The van der Waals surface area contributed by atoms with E-state index in [1.54, 1.807) is 6.92 Å². The van der Waals surface area contributed by atoms with Gasteiger partial charge in [0, 0.05) is 10.7 Å². The van der Waals surface area contributed by atoms with Gasteiger partial charge >= 0.3 is 5.97 Å². The molecule has 0 N–H and O–H groups in total. The second-order valence-electron chi connectivity index (χ2n) is 3.33. The van der Waals surface area contributed by atoms with Crippen molar-refractivity contribution in [3.63, 3.8) is 0 Å². The van der Waals surface area contributed by atoms with Gasteiger partial charge in [0.25, 0.3) is 9.05 Å². The Bertz CT molecular complexity index is 504. The molecule has 0 unspecified atom stereocenters. The Morgan fingerprint density at radius 2 is 2.12 bits per heavy atom. The molecule has 0 aliphatic heterocycles. The van der Waals surface area contributed by atoms with Crippen molar-refractivity contribution in [1.29, 1.82) is 0 Å². The van der Waals surface area contributed by atoms with Crippen LogP contribution in [-0.2, 0) is 20.2 Å². The highest BCUT2D eigenvalue weighted by Crippen LogP contribution is 2.30. The molecule has 0 amide bonds. The van der Waals surface area contributed by atoms with E-state index in [4.69, 9.17) is 15.4 Å². The second-order valence-corrected chi connectivity index (χ2v) is 7.17. The van der Waals surface area contributed by atoms with Crippen LogP contribution in [0.25, 0.3) is 0 Å². The molecule has 0 fully saturated rings. The van der Waals surface area contributed by atoms with Gasteiger partial charge in [-0.3, -0.25) is 0 Å². The Labute approximate surface area is 109 Å². The maximum absolute atomic E-state index is 11.6. The van der Waals surface area contributed by atoms with E-state index in [1.807, 2.05) is 6.92 Å². The number of thiophene rings is 1. The zero-order chi connectivity index (χ0) is 13.1. The monoisotopic (exact) mass is 296 g/mol. The number of ether oxygens (including phenoxy) is 1. The zero-order valence-corrected chi connectivity index (χ0v) is 11.9. The number of carbonyl (C=O) groups is 1. The summed E-state index contributed by atoms with van der Waals surface area (Å²) in [6.07, 6.45) is 1.43. The molecule has 0 atom stereocenters. The average Bonchev–Trinajstić information content (AvgIpc) is 2.62. The molecule has 0 aromatic carbocycles. The van der Waals surface area contributed by atoms with Gasteiger partial charge in [0.1, 0.15) is 9.09 Å². The number of hydrogen-bond donors (Lipinski definition) is 0. The van der Waals surface area contributed by atoms with E-state index in [0.717, 1.165) is 17.8 Å². The third kappa shape index (κ3) is 3.69. The third-order valence-corrected chi connectivity index (χ3v) is 5.24. The van der Waals surface area contributed by atoms with Crippen LogP contribution in [0.3, 0.4) is 0 Å². The standard InChI is InChI=1S/C10H13ClO4S2/c1-3-5-7-6-8(17(11,13)14)16-9(7)10(12)15-4-2/h6H,3-5H2,1-2H3. The molecular formula is C10H13ClO4S2. The first-order valence-electron chi connectivity index (χ1n) is 5.14. The van der Waals surface area contributed by atoms with E-state index in [9.17, 15) is 13.2 Å². The van der Waals surface area contributed by atoms with Gasteiger partial charge in [-0.25, -0.2) is 13.2 Å². The minimum absolute atomic E-state index is 0.00864. The summed E-state index contributed by atoms with van der Waals surface area (Å²) in [5, 5.41) is 0. The fourth-order valence-corrected chi connectivity index (χ4v) is 3.53. The van der Waals surface area contributed by atoms with Crippen molar-refractivity contribution in [2.45, 2.75) is 30.9 Å². The molecule has 1 aromatic heterocycles. The van der Waals surface area contributed by atoms with Crippen LogP contribution >= 0.6 is 22.0 Å². The van der Waals surface area contributed by atoms with Crippen LogP contribution in [0.4, 0.5) is 0 Å². The first-order valence-corrected chi connectivity index (χ1v) is 8.27. The van der Waals surface area contributed by atoms with Crippen molar-refractivity contribution >= 4 is 37.0 Å². The maximum Gasteiger partial charge on any atom is 0.348 e. The first-order chi connectivity index (χ1) is 7.90. The van der Waals surface area contributed by atoms with Crippen molar-refractivity contribution < 1.29 is 17.9 Å². The quantitative estimate of drug-likeness (QED) is 0.619. The normalized spacial score (nSPS) is 11.5. The van der Waals surface area contributed by atoms with Gasteiger partial charge in [0.15, 0.2) is 0 Å². The summed E-state index contributed by atoms with van der Waals surface area (Å²) in [5.41, 5.74) is 0.676. The van der Waals surface area contributed by atoms with Crippen LogP contribution in [0.5, 0.6) is 0 Å². The van der Waals surface area contributed by atoms with E-state index in [-0.39, 0.29) is 10.8 Å². The zero-order valence-electron chi connectivity index (χ0n) is 9.53. The summed E-state index contributed by atoms with van der Waals surface area (Å²) in [7, 11) is 1.47. The SMILES string of the molecule is CCCc1cc(S(=O)(=O)Cl)sc1C(=O)OCC. The number of esters is 1. The molecule has 0 saturated heterocycles. The van der Waals surface area contributed by atoms with Gasteiger partial charge < -0.3 is 4.74 Å². The topological polar surface area (TPSA) is 60.4 Å². The fourth-order valence-electron chi connectivity index (χ4n) is 1.35. The molecule has 17 heavy (non-hydrogen) atoms. The summed E-state index contributed by atoms with van der Waals surface area (Å²) in [4.78, 5) is 12.0. The van der Waals surface area contributed by atoms with E-state index in [1.165, 1.54) is 6.07 Å². The Hall–Kier alpha value is -0.590. The summed E-state index contributed by atoms with van der Waals surface area (Å²) in [6, 6.07) is 1.45. The smallest absolute Gasteiger partial charge is 0.348 e. The lowest BCUT2D eigenvalue weighted by atomic mass is 10.1. The van der Waals surface area contributed by atoms with Gasteiger partial charge in [0.2, 0.25) is 0 Å². The molecule has 4 nitrogen and oxygen atoms in total. The highest BCUT2D eigenvalue weighted by Gasteiger charge is 2.22. The predicted octanol–water partition coefficient (Wildman–Crippen LogP) is 2.80. The van der Waals surface area contributed by atoms with Crippen molar-refractivity contribution in [1.82, 2.24) is 0 Å². The minimum atomic E-state index is -3.79. The van der Waals surface area contributed by atoms with Crippen molar-refractivity contribution in [3.8, 4) is 0 Å². The van der Waals surface area contributed by atoms with E-state index in [0.29, 0.717) is 16.9 Å². The molecule has 0 spiro atoms. The third-order valence-electron chi connectivity index (χ3n) is 2.01. The molecule has 0 aliphatic rings. The fraction of sp³-hybridized carbons (Fsp3) is 0.500. The van der Waals surface area contributed by atoms with Crippen LogP contribution in [0.15, 0.2) is 10.3 Å². The van der Waals surface area contributed by atoms with E-state index >= 15 is 0 Å². The molecule has 7 heteroatoms. The largest absolute Gasteiger partial charge is 0.462 e. The van der Waals surface area contributed by atoms with Crippen molar-refractivity contribution in [3.05, 3.63) is 16.5 Å². The number of aryl methyl sites for hydroxylation is 1. The summed E-state index contributed by atoms with van der Waals surface area (Å²) in [6.45, 7) is 3.90.